The average molecular weight is 238 g/mol. The summed E-state index contributed by atoms with van der Waals surface area (Å²) in [4.78, 5) is 2.53. The zero-order valence-corrected chi connectivity index (χ0v) is 11.2. The third-order valence-electron chi connectivity index (χ3n) is 3.94. The molecule has 0 bridgehead atoms. The van der Waals surface area contributed by atoms with E-state index in [9.17, 15) is 0 Å². The van der Waals surface area contributed by atoms with Gasteiger partial charge in [0.1, 0.15) is 0 Å². The van der Waals surface area contributed by atoms with Crippen molar-refractivity contribution in [2.75, 3.05) is 26.7 Å². The standard InChI is InChI=1S/C14H26N2O/c1-11(9-15-13-4-5-13)10-16-7-6-14(17-3)8-12(16)2/h12-15H,1,4-10H2,2-3H3. The van der Waals surface area contributed by atoms with Crippen molar-refractivity contribution in [3.63, 3.8) is 0 Å². The van der Waals surface area contributed by atoms with E-state index in [1.54, 1.807) is 0 Å². The van der Waals surface area contributed by atoms with Crippen molar-refractivity contribution in [3.05, 3.63) is 12.2 Å². The van der Waals surface area contributed by atoms with Gasteiger partial charge in [0.2, 0.25) is 0 Å². The summed E-state index contributed by atoms with van der Waals surface area (Å²) in [5.74, 6) is 0. The first-order valence-corrected chi connectivity index (χ1v) is 6.86. The van der Waals surface area contributed by atoms with Gasteiger partial charge in [-0.2, -0.15) is 0 Å². The SMILES string of the molecule is C=C(CNC1CC1)CN1CCC(OC)CC1C. The number of likely N-dealkylation sites (tertiary alicyclic amines) is 1. The summed E-state index contributed by atoms with van der Waals surface area (Å²) in [5.41, 5.74) is 1.32. The van der Waals surface area contributed by atoms with Crippen LogP contribution < -0.4 is 5.32 Å². The summed E-state index contributed by atoms with van der Waals surface area (Å²) in [6.07, 6.45) is 5.47. The molecule has 0 aromatic carbocycles. The van der Waals surface area contributed by atoms with Crippen molar-refractivity contribution >= 4 is 0 Å². The maximum atomic E-state index is 5.44. The van der Waals surface area contributed by atoms with E-state index in [0.29, 0.717) is 12.1 Å². The molecule has 1 N–H and O–H groups in total. The fourth-order valence-electron chi connectivity index (χ4n) is 2.55. The van der Waals surface area contributed by atoms with Crippen LogP contribution in [0.5, 0.6) is 0 Å². The van der Waals surface area contributed by atoms with Crippen molar-refractivity contribution < 1.29 is 4.74 Å². The molecule has 3 nitrogen and oxygen atoms in total. The molecule has 2 aliphatic rings. The molecule has 2 unspecified atom stereocenters. The van der Waals surface area contributed by atoms with E-state index in [1.807, 2.05) is 7.11 Å². The first-order valence-electron chi connectivity index (χ1n) is 6.86. The topological polar surface area (TPSA) is 24.5 Å². The van der Waals surface area contributed by atoms with Crippen LogP contribution in [0.3, 0.4) is 0 Å². The Bertz CT molecular complexity index is 263. The van der Waals surface area contributed by atoms with Crippen LogP contribution in [-0.4, -0.2) is 49.8 Å². The Balaban J connectivity index is 1.68. The summed E-state index contributed by atoms with van der Waals surface area (Å²) in [6.45, 7) is 9.65. The monoisotopic (exact) mass is 238 g/mol. The van der Waals surface area contributed by atoms with Crippen LogP contribution in [0, 0.1) is 0 Å². The second-order valence-corrected chi connectivity index (χ2v) is 5.61. The summed E-state index contributed by atoms with van der Waals surface area (Å²) in [6, 6.07) is 1.40. The van der Waals surface area contributed by atoms with Gasteiger partial charge in [0.25, 0.3) is 0 Å². The molecular formula is C14H26N2O. The van der Waals surface area contributed by atoms with Gasteiger partial charge in [-0.3, -0.25) is 4.90 Å². The van der Waals surface area contributed by atoms with Crippen LogP contribution in [0.1, 0.15) is 32.6 Å². The van der Waals surface area contributed by atoms with E-state index in [4.69, 9.17) is 4.74 Å². The van der Waals surface area contributed by atoms with Crippen LogP contribution in [0.4, 0.5) is 0 Å². The van der Waals surface area contributed by atoms with Crippen molar-refractivity contribution in [2.45, 2.75) is 50.8 Å². The molecular weight excluding hydrogens is 212 g/mol. The molecule has 0 aromatic rings. The average Bonchev–Trinajstić information content (AvgIpc) is 3.13. The molecule has 17 heavy (non-hydrogen) atoms. The van der Waals surface area contributed by atoms with Gasteiger partial charge in [0.05, 0.1) is 6.10 Å². The van der Waals surface area contributed by atoms with Gasteiger partial charge in [-0.15, -0.1) is 0 Å². The predicted octanol–water partition coefficient (Wildman–Crippen LogP) is 1.79. The molecule has 98 valence electrons. The highest BCUT2D eigenvalue weighted by atomic mass is 16.5. The van der Waals surface area contributed by atoms with Crippen molar-refractivity contribution in [1.29, 1.82) is 0 Å². The first-order chi connectivity index (χ1) is 8.19. The Kier molecular flexibility index (Phi) is 4.60. The Morgan fingerprint density at radius 1 is 1.41 bits per heavy atom. The highest BCUT2D eigenvalue weighted by Crippen LogP contribution is 2.21. The fourth-order valence-corrected chi connectivity index (χ4v) is 2.55. The highest BCUT2D eigenvalue weighted by Gasteiger charge is 2.26. The zero-order chi connectivity index (χ0) is 12.3. The van der Waals surface area contributed by atoms with Crippen molar-refractivity contribution in [2.24, 2.45) is 0 Å². The number of hydrogen-bond acceptors (Lipinski definition) is 3. The molecule has 0 amide bonds. The molecule has 2 rings (SSSR count). The lowest BCUT2D eigenvalue weighted by molar-refractivity contribution is 0.0193. The summed E-state index contributed by atoms with van der Waals surface area (Å²) in [5, 5.41) is 3.53. The molecule has 2 atom stereocenters. The second-order valence-electron chi connectivity index (χ2n) is 5.61. The number of nitrogens with zero attached hydrogens (tertiary/aromatic N) is 1. The minimum atomic E-state index is 0.458. The normalized spacial score (nSPS) is 30.5. The first kappa shape index (κ1) is 13.1. The van der Waals surface area contributed by atoms with Crippen LogP contribution in [0.25, 0.3) is 0 Å². The van der Waals surface area contributed by atoms with Gasteiger partial charge < -0.3 is 10.1 Å². The Labute approximate surface area is 105 Å². The minimum Gasteiger partial charge on any atom is -0.381 e. The van der Waals surface area contributed by atoms with Crippen molar-refractivity contribution in [1.82, 2.24) is 10.2 Å². The van der Waals surface area contributed by atoms with Crippen LogP contribution in [0.15, 0.2) is 12.2 Å². The lowest BCUT2D eigenvalue weighted by Gasteiger charge is -2.37. The fraction of sp³-hybridized carbons (Fsp3) is 0.857. The van der Waals surface area contributed by atoms with Crippen molar-refractivity contribution in [3.8, 4) is 0 Å². The van der Waals surface area contributed by atoms with E-state index in [2.05, 4.69) is 23.7 Å². The predicted molar refractivity (Wildman–Crippen MR) is 71.2 cm³/mol. The number of methoxy groups -OCH3 is 1. The van der Waals surface area contributed by atoms with Crippen LogP contribution in [-0.2, 0) is 4.74 Å². The number of ether oxygens (including phenoxy) is 1. The van der Waals surface area contributed by atoms with Gasteiger partial charge in [-0.1, -0.05) is 6.58 Å². The maximum absolute atomic E-state index is 5.44. The largest absolute Gasteiger partial charge is 0.381 e. The van der Waals surface area contributed by atoms with Gasteiger partial charge in [-0.25, -0.2) is 0 Å². The third kappa shape index (κ3) is 4.09. The summed E-state index contributed by atoms with van der Waals surface area (Å²) >= 11 is 0. The van der Waals surface area contributed by atoms with E-state index in [-0.39, 0.29) is 0 Å². The van der Waals surface area contributed by atoms with Gasteiger partial charge in [0, 0.05) is 38.8 Å². The molecule has 1 saturated carbocycles. The lowest BCUT2D eigenvalue weighted by atomic mass is 10.00. The molecule has 1 aliphatic heterocycles. The zero-order valence-electron chi connectivity index (χ0n) is 11.2. The minimum absolute atomic E-state index is 0.458. The Morgan fingerprint density at radius 2 is 2.18 bits per heavy atom. The number of hydrogen-bond donors (Lipinski definition) is 1. The smallest absolute Gasteiger partial charge is 0.0598 e. The molecule has 1 heterocycles. The van der Waals surface area contributed by atoms with Crippen LogP contribution in [0.2, 0.25) is 0 Å². The second kappa shape index (κ2) is 5.98. The number of nitrogens with one attached hydrogen (secondary N) is 1. The maximum Gasteiger partial charge on any atom is 0.0598 e. The van der Waals surface area contributed by atoms with Gasteiger partial charge in [-0.05, 0) is 38.2 Å². The molecule has 0 spiro atoms. The summed E-state index contributed by atoms with van der Waals surface area (Å²) in [7, 11) is 1.82. The molecule has 2 fully saturated rings. The molecule has 0 radical (unpaired) electrons. The van der Waals surface area contributed by atoms with E-state index in [1.165, 1.54) is 18.4 Å². The number of rotatable bonds is 6. The van der Waals surface area contributed by atoms with E-state index < -0.39 is 0 Å². The molecule has 0 aromatic heterocycles. The quantitative estimate of drug-likeness (QED) is 0.714. The van der Waals surface area contributed by atoms with E-state index in [0.717, 1.165) is 38.5 Å². The van der Waals surface area contributed by atoms with Crippen LogP contribution >= 0.6 is 0 Å². The van der Waals surface area contributed by atoms with Gasteiger partial charge in [0.15, 0.2) is 0 Å². The molecule has 1 saturated heterocycles. The lowest BCUT2D eigenvalue weighted by Crippen LogP contribution is -2.44. The molecule has 1 aliphatic carbocycles. The Morgan fingerprint density at radius 3 is 2.76 bits per heavy atom. The van der Waals surface area contributed by atoms with Gasteiger partial charge >= 0.3 is 0 Å². The summed E-state index contributed by atoms with van der Waals surface area (Å²) < 4.78 is 5.44. The Hall–Kier alpha value is -0.380. The molecule has 3 heteroatoms. The highest BCUT2D eigenvalue weighted by molar-refractivity contribution is 5.03. The third-order valence-corrected chi connectivity index (χ3v) is 3.94. The van der Waals surface area contributed by atoms with E-state index >= 15 is 0 Å². The number of piperidine rings is 1.